The molecule has 1 heterocycles. The number of amides is 1. The lowest BCUT2D eigenvalue weighted by Crippen LogP contribution is -2.48. The summed E-state index contributed by atoms with van der Waals surface area (Å²) in [6.45, 7) is 3.93. The Kier molecular flexibility index (Phi) is 5.05. The van der Waals surface area contributed by atoms with E-state index in [2.05, 4.69) is 6.92 Å². The van der Waals surface area contributed by atoms with Crippen molar-refractivity contribution in [2.24, 2.45) is 29.1 Å². The number of carbonyl (C=O) groups is 1. The van der Waals surface area contributed by atoms with Gasteiger partial charge in [-0.2, -0.15) is 0 Å². The number of hydrogen-bond acceptors (Lipinski definition) is 3. The maximum atomic E-state index is 15.2. The lowest BCUT2D eigenvalue weighted by Gasteiger charge is -2.56. The molecule has 2 atom stereocenters. The normalized spacial score (nSPS) is 37.8. The molecule has 0 spiro atoms. The molecule has 5 saturated carbocycles. The van der Waals surface area contributed by atoms with Gasteiger partial charge >= 0.3 is 0 Å². The zero-order valence-corrected chi connectivity index (χ0v) is 19.4. The Labute approximate surface area is 190 Å². The number of methoxy groups -OCH3 is 1. The van der Waals surface area contributed by atoms with Crippen molar-refractivity contribution in [1.29, 1.82) is 0 Å². The van der Waals surface area contributed by atoms with Gasteiger partial charge in [0.25, 0.3) is 5.91 Å². The van der Waals surface area contributed by atoms with Crippen LogP contribution in [0.3, 0.4) is 0 Å². The summed E-state index contributed by atoms with van der Waals surface area (Å²) in [4.78, 5) is 14.9. The predicted octanol–water partition coefficient (Wildman–Crippen LogP) is 5.41. The molecule has 5 aliphatic carbocycles. The molecule has 1 aromatic carbocycles. The van der Waals surface area contributed by atoms with E-state index in [4.69, 9.17) is 9.47 Å². The number of halogens is 1. The molecule has 6 fully saturated rings. The monoisotopic (exact) mass is 441 g/mol. The van der Waals surface area contributed by atoms with Crippen molar-refractivity contribution < 1.29 is 18.7 Å². The summed E-state index contributed by atoms with van der Waals surface area (Å²) in [6, 6.07) is 3.31. The number of hydrogen-bond donors (Lipinski definition) is 0. The lowest BCUT2D eigenvalue weighted by molar-refractivity contribution is -0.0747. The summed E-state index contributed by atoms with van der Waals surface area (Å²) in [6.07, 6.45) is 10.3. The van der Waals surface area contributed by atoms with Gasteiger partial charge in [0.15, 0.2) is 0 Å². The van der Waals surface area contributed by atoms with Gasteiger partial charge in [-0.3, -0.25) is 4.79 Å². The summed E-state index contributed by atoms with van der Waals surface area (Å²) in [5, 5.41) is 0. The topological polar surface area (TPSA) is 38.8 Å². The lowest BCUT2D eigenvalue weighted by atomic mass is 9.50. The summed E-state index contributed by atoms with van der Waals surface area (Å²) in [7, 11) is 1.68. The van der Waals surface area contributed by atoms with E-state index < -0.39 is 5.82 Å². The second-order valence-corrected chi connectivity index (χ2v) is 11.8. The molecule has 32 heavy (non-hydrogen) atoms. The second kappa shape index (κ2) is 7.72. The van der Waals surface area contributed by atoms with Crippen molar-refractivity contribution in [1.82, 2.24) is 4.90 Å². The smallest absolute Gasteiger partial charge is 0.256 e. The number of benzene rings is 1. The van der Waals surface area contributed by atoms with Crippen LogP contribution >= 0.6 is 0 Å². The van der Waals surface area contributed by atoms with Gasteiger partial charge in [0.05, 0.1) is 18.3 Å². The molecule has 0 N–H and O–H groups in total. The summed E-state index contributed by atoms with van der Waals surface area (Å²) in [5.41, 5.74) is 1.52. The second-order valence-electron chi connectivity index (χ2n) is 11.8. The van der Waals surface area contributed by atoms with Crippen LogP contribution in [0.2, 0.25) is 0 Å². The van der Waals surface area contributed by atoms with E-state index in [9.17, 15) is 4.79 Å². The average molecular weight is 442 g/mol. The van der Waals surface area contributed by atoms with Gasteiger partial charge in [-0.1, -0.05) is 6.92 Å². The highest BCUT2D eigenvalue weighted by atomic mass is 19.1. The maximum absolute atomic E-state index is 15.2. The van der Waals surface area contributed by atoms with Crippen LogP contribution < -0.4 is 4.74 Å². The van der Waals surface area contributed by atoms with E-state index in [1.54, 1.807) is 18.1 Å². The van der Waals surface area contributed by atoms with Crippen LogP contribution in [0.5, 0.6) is 5.75 Å². The Hall–Kier alpha value is -1.62. The molecule has 5 heteroatoms. The first-order valence-corrected chi connectivity index (χ1v) is 12.7. The molecule has 174 valence electrons. The molecule has 1 amide bonds. The molecule has 4 nitrogen and oxygen atoms in total. The minimum atomic E-state index is -0.451. The van der Waals surface area contributed by atoms with E-state index in [0.717, 1.165) is 36.2 Å². The minimum absolute atomic E-state index is 0.0211. The predicted molar refractivity (Wildman–Crippen MR) is 120 cm³/mol. The minimum Gasteiger partial charge on any atom is -0.493 e. The number of nitrogens with zero attached hydrogens (tertiary/aromatic N) is 1. The van der Waals surface area contributed by atoms with Gasteiger partial charge in [-0.05, 0) is 86.7 Å². The zero-order chi connectivity index (χ0) is 22.0. The summed E-state index contributed by atoms with van der Waals surface area (Å²) < 4.78 is 27.1. The zero-order valence-electron chi connectivity index (χ0n) is 19.4. The van der Waals surface area contributed by atoms with Gasteiger partial charge in [0, 0.05) is 37.6 Å². The summed E-state index contributed by atoms with van der Waals surface area (Å²) in [5.74, 6) is 3.31. The highest BCUT2D eigenvalue weighted by molar-refractivity contribution is 5.95. The molecule has 0 radical (unpaired) electrons. The molecule has 2 unspecified atom stereocenters. The third-order valence-electron chi connectivity index (χ3n) is 9.18. The van der Waals surface area contributed by atoms with Crippen molar-refractivity contribution in [2.45, 2.75) is 70.3 Å². The van der Waals surface area contributed by atoms with Crippen LogP contribution in [0.4, 0.5) is 4.39 Å². The molecule has 1 aromatic rings. The van der Waals surface area contributed by atoms with Crippen LogP contribution in [0.1, 0.15) is 80.1 Å². The van der Waals surface area contributed by atoms with E-state index in [1.807, 2.05) is 0 Å². The van der Waals surface area contributed by atoms with Gasteiger partial charge in [-0.15, -0.1) is 0 Å². The van der Waals surface area contributed by atoms with E-state index in [1.165, 1.54) is 44.6 Å². The fourth-order valence-electron chi connectivity index (χ4n) is 7.85. The molecular weight excluding hydrogens is 405 g/mol. The molecule has 1 saturated heterocycles. The van der Waals surface area contributed by atoms with E-state index >= 15 is 4.39 Å². The van der Waals surface area contributed by atoms with E-state index in [-0.39, 0.29) is 23.5 Å². The van der Waals surface area contributed by atoms with Crippen LogP contribution in [-0.4, -0.2) is 43.7 Å². The Morgan fingerprint density at radius 3 is 2.31 bits per heavy atom. The first-order chi connectivity index (χ1) is 15.4. The van der Waals surface area contributed by atoms with Crippen molar-refractivity contribution in [2.75, 3.05) is 26.8 Å². The van der Waals surface area contributed by atoms with Crippen molar-refractivity contribution in [3.05, 3.63) is 29.1 Å². The van der Waals surface area contributed by atoms with Crippen molar-refractivity contribution in [3.63, 3.8) is 0 Å². The van der Waals surface area contributed by atoms with Gasteiger partial charge in [0.2, 0.25) is 0 Å². The number of likely N-dealkylation sites (tertiary alicyclic amines) is 1. The highest BCUT2D eigenvalue weighted by Crippen LogP contribution is 2.60. The SMILES string of the molecule is COC1CN(C(=O)c2cc(C3CC3)c(OCC34CC5CC(CC(C5)C3)C4)cc2F)CC1C. The average Bonchev–Trinajstić information content (AvgIpc) is 3.52. The first kappa shape index (κ1) is 20.9. The Bertz CT molecular complexity index is 875. The standard InChI is InChI=1S/C27H36FNO3/c1-16-13-29(14-25(16)31-2)26(30)22-8-21(20-3-4-20)24(9-23(22)28)32-15-27-10-17-5-18(11-27)7-19(6-17)12-27/h8-9,16-20,25H,3-7,10-15H2,1-2H3. The fourth-order valence-corrected chi connectivity index (χ4v) is 7.85. The Morgan fingerprint density at radius 2 is 1.75 bits per heavy atom. The fraction of sp³-hybridized carbons (Fsp3) is 0.741. The van der Waals surface area contributed by atoms with Crippen LogP contribution in [0, 0.1) is 34.9 Å². The quantitative estimate of drug-likeness (QED) is 0.593. The van der Waals surface area contributed by atoms with Crippen molar-refractivity contribution in [3.8, 4) is 5.75 Å². The highest BCUT2D eigenvalue weighted by Gasteiger charge is 2.51. The van der Waals surface area contributed by atoms with Gasteiger partial charge < -0.3 is 14.4 Å². The molecule has 6 aliphatic rings. The molecule has 4 bridgehead atoms. The number of carbonyl (C=O) groups excluding carboxylic acids is 1. The largest absolute Gasteiger partial charge is 0.493 e. The van der Waals surface area contributed by atoms with E-state index in [0.29, 0.717) is 36.8 Å². The number of rotatable bonds is 6. The number of ether oxygens (including phenoxy) is 2. The third kappa shape index (κ3) is 3.65. The summed E-state index contributed by atoms with van der Waals surface area (Å²) >= 11 is 0. The molecule has 1 aliphatic heterocycles. The first-order valence-electron chi connectivity index (χ1n) is 12.7. The Morgan fingerprint density at radius 1 is 1.09 bits per heavy atom. The molecular formula is C27H36FNO3. The van der Waals surface area contributed by atoms with Crippen LogP contribution in [0.25, 0.3) is 0 Å². The molecule has 7 rings (SSSR count). The third-order valence-corrected chi connectivity index (χ3v) is 9.18. The maximum Gasteiger partial charge on any atom is 0.256 e. The van der Waals surface area contributed by atoms with Crippen molar-refractivity contribution >= 4 is 5.91 Å². The van der Waals surface area contributed by atoms with Gasteiger partial charge in [0.1, 0.15) is 11.6 Å². The van der Waals surface area contributed by atoms with Crippen LogP contribution in [-0.2, 0) is 4.74 Å². The molecule has 0 aromatic heterocycles. The van der Waals surface area contributed by atoms with Crippen LogP contribution in [0.15, 0.2) is 12.1 Å². The van der Waals surface area contributed by atoms with Gasteiger partial charge in [-0.25, -0.2) is 4.39 Å². The Balaban J connectivity index is 1.22.